The van der Waals surface area contributed by atoms with Crippen LogP contribution in [0.1, 0.15) is 11.3 Å². The Hall–Kier alpha value is -3.26. The van der Waals surface area contributed by atoms with Gasteiger partial charge in [0.1, 0.15) is 5.76 Å². The van der Waals surface area contributed by atoms with Crippen molar-refractivity contribution in [1.29, 1.82) is 0 Å². The maximum absolute atomic E-state index is 12.7. The highest BCUT2D eigenvalue weighted by Gasteiger charge is 2.26. The van der Waals surface area contributed by atoms with Crippen molar-refractivity contribution in [1.82, 2.24) is 0 Å². The molecule has 2 heterocycles. The summed E-state index contributed by atoms with van der Waals surface area (Å²) in [5.74, 6) is 0.764. The number of likely N-dealkylation sites (N-methyl/N-ethyl adjacent to an activating group) is 1. The summed E-state index contributed by atoms with van der Waals surface area (Å²) < 4.78 is 33.2. The molecule has 0 saturated carbocycles. The van der Waals surface area contributed by atoms with E-state index in [1.807, 2.05) is 12.1 Å². The summed E-state index contributed by atoms with van der Waals surface area (Å²) in [7, 11) is -2.06. The minimum atomic E-state index is -3.75. The standard InChI is InChI=1S/C20H19N3O4S/c1-23-19-9-8-18(11-14(19)12-20(23)24)28(25,26)22-16-6-4-15(5-7-16)21-13-17-3-2-10-27-17/h2-11,21-22H,12-13H2,1H3. The van der Waals surface area contributed by atoms with Gasteiger partial charge in [-0.25, -0.2) is 8.42 Å². The number of sulfonamides is 1. The zero-order chi connectivity index (χ0) is 19.7. The molecule has 0 radical (unpaired) electrons. The van der Waals surface area contributed by atoms with Gasteiger partial charge in [0.2, 0.25) is 5.91 Å². The topological polar surface area (TPSA) is 91.7 Å². The lowest BCUT2D eigenvalue weighted by atomic mass is 10.2. The molecule has 2 N–H and O–H groups in total. The average molecular weight is 397 g/mol. The summed E-state index contributed by atoms with van der Waals surface area (Å²) in [6.45, 7) is 0.542. The summed E-state index contributed by atoms with van der Waals surface area (Å²) in [4.78, 5) is 13.5. The molecule has 0 fully saturated rings. The fourth-order valence-electron chi connectivity index (χ4n) is 3.09. The zero-order valence-electron chi connectivity index (χ0n) is 15.2. The molecule has 0 bridgehead atoms. The van der Waals surface area contributed by atoms with E-state index < -0.39 is 10.0 Å². The zero-order valence-corrected chi connectivity index (χ0v) is 16.0. The predicted octanol–water partition coefficient (Wildman–Crippen LogP) is 3.21. The number of amides is 1. The van der Waals surface area contributed by atoms with Gasteiger partial charge in [0.25, 0.3) is 10.0 Å². The third-order valence-electron chi connectivity index (χ3n) is 4.62. The van der Waals surface area contributed by atoms with Gasteiger partial charge in [0, 0.05) is 24.1 Å². The summed E-state index contributed by atoms with van der Waals surface area (Å²) in [5, 5.41) is 3.20. The van der Waals surface area contributed by atoms with E-state index in [1.165, 1.54) is 11.0 Å². The van der Waals surface area contributed by atoms with Gasteiger partial charge in [0.05, 0.1) is 24.1 Å². The lowest BCUT2D eigenvalue weighted by Crippen LogP contribution is -2.20. The van der Waals surface area contributed by atoms with E-state index in [2.05, 4.69) is 10.0 Å². The van der Waals surface area contributed by atoms with Crippen LogP contribution in [-0.4, -0.2) is 21.4 Å². The first-order chi connectivity index (χ1) is 13.4. The maximum atomic E-state index is 12.7. The Morgan fingerprint density at radius 1 is 1.07 bits per heavy atom. The first-order valence-corrected chi connectivity index (χ1v) is 10.2. The predicted molar refractivity (Wildman–Crippen MR) is 107 cm³/mol. The van der Waals surface area contributed by atoms with Crippen molar-refractivity contribution in [2.24, 2.45) is 0 Å². The second-order valence-corrected chi connectivity index (χ2v) is 8.22. The Morgan fingerprint density at radius 3 is 2.54 bits per heavy atom. The van der Waals surface area contributed by atoms with Crippen LogP contribution < -0.4 is 14.9 Å². The third-order valence-corrected chi connectivity index (χ3v) is 6.00. The molecule has 1 aliphatic rings. The monoisotopic (exact) mass is 397 g/mol. The van der Waals surface area contributed by atoms with Crippen molar-refractivity contribution < 1.29 is 17.6 Å². The molecule has 1 aliphatic heterocycles. The molecule has 2 aromatic carbocycles. The molecule has 0 unspecified atom stereocenters. The van der Waals surface area contributed by atoms with Crippen LogP contribution in [-0.2, 0) is 27.8 Å². The number of nitrogens with zero attached hydrogens (tertiary/aromatic N) is 1. The van der Waals surface area contributed by atoms with Gasteiger partial charge in [0.15, 0.2) is 0 Å². The lowest BCUT2D eigenvalue weighted by molar-refractivity contribution is -0.117. The number of hydrogen-bond donors (Lipinski definition) is 2. The van der Waals surface area contributed by atoms with Crippen molar-refractivity contribution in [3.05, 3.63) is 72.2 Å². The van der Waals surface area contributed by atoms with Crippen LogP contribution in [0.4, 0.5) is 17.1 Å². The maximum Gasteiger partial charge on any atom is 0.261 e. The lowest BCUT2D eigenvalue weighted by Gasteiger charge is -2.12. The summed E-state index contributed by atoms with van der Waals surface area (Å²) >= 11 is 0. The van der Waals surface area contributed by atoms with E-state index in [-0.39, 0.29) is 17.2 Å². The molecule has 0 spiro atoms. The highest BCUT2D eigenvalue weighted by atomic mass is 32.2. The van der Waals surface area contributed by atoms with Crippen LogP contribution >= 0.6 is 0 Å². The molecule has 4 rings (SSSR count). The third kappa shape index (κ3) is 3.59. The molecule has 1 aromatic heterocycles. The van der Waals surface area contributed by atoms with Crippen molar-refractivity contribution in [3.63, 3.8) is 0 Å². The Kier molecular flexibility index (Phi) is 4.56. The normalized spacial score (nSPS) is 13.5. The smallest absolute Gasteiger partial charge is 0.261 e. The summed E-state index contributed by atoms with van der Waals surface area (Å²) in [6, 6.07) is 15.4. The average Bonchev–Trinajstić information content (AvgIpc) is 3.29. The van der Waals surface area contributed by atoms with Crippen LogP contribution in [0.5, 0.6) is 0 Å². The number of carbonyl (C=O) groups is 1. The molecule has 8 heteroatoms. The number of carbonyl (C=O) groups excluding carboxylic acids is 1. The van der Waals surface area contributed by atoms with E-state index >= 15 is 0 Å². The molecule has 28 heavy (non-hydrogen) atoms. The SMILES string of the molecule is CN1C(=O)Cc2cc(S(=O)(=O)Nc3ccc(NCc4ccco4)cc3)ccc21. The van der Waals surface area contributed by atoms with Gasteiger partial charge in [-0.1, -0.05) is 0 Å². The largest absolute Gasteiger partial charge is 0.467 e. The quantitative estimate of drug-likeness (QED) is 0.666. The number of rotatable bonds is 6. The van der Waals surface area contributed by atoms with Crippen LogP contribution in [0.25, 0.3) is 0 Å². The number of fused-ring (bicyclic) bond motifs is 1. The van der Waals surface area contributed by atoms with Crippen LogP contribution in [0.2, 0.25) is 0 Å². The van der Waals surface area contributed by atoms with Crippen molar-refractivity contribution in [2.45, 2.75) is 17.9 Å². The molecule has 0 atom stereocenters. The number of furan rings is 1. The Bertz CT molecular complexity index is 1110. The van der Waals surface area contributed by atoms with Gasteiger partial charge in [-0.3, -0.25) is 9.52 Å². The molecule has 3 aromatic rings. The number of nitrogens with one attached hydrogen (secondary N) is 2. The minimum Gasteiger partial charge on any atom is -0.467 e. The Balaban J connectivity index is 1.46. The summed E-state index contributed by atoms with van der Waals surface area (Å²) in [5.41, 5.74) is 2.76. The first-order valence-electron chi connectivity index (χ1n) is 8.71. The fourth-order valence-corrected chi connectivity index (χ4v) is 4.20. The van der Waals surface area contributed by atoms with Gasteiger partial charge in [-0.05, 0) is 60.2 Å². The second kappa shape index (κ2) is 7.05. The van der Waals surface area contributed by atoms with Gasteiger partial charge in [-0.2, -0.15) is 0 Å². The van der Waals surface area contributed by atoms with Crippen molar-refractivity contribution >= 4 is 33.0 Å². The number of hydrogen-bond acceptors (Lipinski definition) is 5. The van der Waals surface area contributed by atoms with Gasteiger partial charge in [-0.15, -0.1) is 0 Å². The van der Waals surface area contributed by atoms with Crippen LogP contribution in [0.15, 0.2) is 70.2 Å². The van der Waals surface area contributed by atoms with E-state index in [0.29, 0.717) is 17.8 Å². The van der Waals surface area contributed by atoms with Crippen LogP contribution in [0.3, 0.4) is 0 Å². The van der Waals surface area contributed by atoms with E-state index in [0.717, 1.165) is 17.1 Å². The first kappa shape index (κ1) is 18.1. The second-order valence-electron chi connectivity index (χ2n) is 6.54. The molecule has 1 amide bonds. The van der Waals surface area contributed by atoms with Gasteiger partial charge >= 0.3 is 0 Å². The molecular weight excluding hydrogens is 378 g/mol. The van der Waals surface area contributed by atoms with E-state index in [4.69, 9.17) is 4.42 Å². The Morgan fingerprint density at radius 2 is 1.82 bits per heavy atom. The molecule has 144 valence electrons. The van der Waals surface area contributed by atoms with Gasteiger partial charge < -0.3 is 14.6 Å². The van der Waals surface area contributed by atoms with Crippen molar-refractivity contribution in [2.75, 3.05) is 22.0 Å². The van der Waals surface area contributed by atoms with Crippen LogP contribution in [0, 0.1) is 0 Å². The highest BCUT2D eigenvalue weighted by Crippen LogP contribution is 2.30. The van der Waals surface area contributed by atoms with Crippen molar-refractivity contribution in [3.8, 4) is 0 Å². The molecule has 7 nitrogen and oxygen atoms in total. The highest BCUT2D eigenvalue weighted by molar-refractivity contribution is 7.92. The molecular formula is C20H19N3O4S. The van der Waals surface area contributed by atoms with E-state index in [1.54, 1.807) is 49.7 Å². The fraction of sp³-hybridized carbons (Fsp3) is 0.150. The van der Waals surface area contributed by atoms with E-state index in [9.17, 15) is 13.2 Å². The number of benzene rings is 2. The molecule has 0 saturated heterocycles. The Labute approximate surface area is 163 Å². The number of anilines is 3. The molecule has 0 aliphatic carbocycles. The summed E-state index contributed by atoms with van der Waals surface area (Å²) in [6.07, 6.45) is 1.83. The minimum absolute atomic E-state index is 0.0462.